The third kappa shape index (κ3) is 6.01. The largest absolute Gasteiger partial charge is 0.482 e. The van der Waals surface area contributed by atoms with Gasteiger partial charge < -0.3 is 13.9 Å². The van der Waals surface area contributed by atoms with Crippen molar-refractivity contribution >= 4 is 17.1 Å². The molecular formula is C33H31NO4. The van der Waals surface area contributed by atoms with Gasteiger partial charge in [-0.2, -0.15) is 0 Å². The molecule has 0 amide bonds. The molecule has 38 heavy (non-hydrogen) atoms. The summed E-state index contributed by atoms with van der Waals surface area (Å²) in [6.07, 6.45) is 3.80. The second-order valence-corrected chi connectivity index (χ2v) is 8.51. The average Bonchev–Trinajstić information content (AvgIpc) is 3.41. The highest BCUT2D eigenvalue weighted by Gasteiger charge is 2.21. The predicted octanol–water partition coefficient (Wildman–Crippen LogP) is 8.01. The van der Waals surface area contributed by atoms with Crippen LogP contribution >= 0.6 is 0 Å². The first-order valence-corrected chi connectivity index (χ1v) is 12.6. The molecule has 0 aliphatic heterocycles. The lowest BCUT2D eigenvalue weighted by Gasteiger charge is -2.14. The predicted molar refractivity (Wildman–Crippen MR) is 152 cm³/mol. The molecule has 0 N–H and O–H groups in total. The van der Waals surface area contributed by atoms with Crippen LogP contribution in [0.1, 0.15) is 32.2 Å². The molecule has 5 heteroatoms. The molecule has 5 nitrogen and oxygen atoms in total. The summed E-state index contributed by atoms with van der Waals surface area (Å²) in [6, 6.07) is 27.5. The molecule has 192 valence electrons. The van der Waals surface area contributed by atoms with Crippen LogP contribution in [0.5, 0.6) is 5.75 Å². The highest BCUT2D eigenvalue weighted by atomic mass is 16.6. The van der Waals surface area contributed by atoms with E-state index in [0.29, 0.717) is 24.0 Å². The lowest BCUT2D eigenvalue weighted by atomic mass is 9.93. The second kappa shape index (κ2) is 12.5. The summed E-state index contributed by atoms with van der Waals surface area (Å²) >= 11 is 0. The van der Waals surface area contributed by atoms with Crippen molar-refractivity contribution in [2.45, 2.75) is 20.8 Å². The minimum atomic E-state index is -0.410. The quantitative estimate of drug-likeness (QED) is 0.161. The van der Waals surface area contributed by atoms with E-state index in [4.69, 9.17) is 18.9 Å². The maximum atomic E-state index is 11.8. The van der Waals surface area contributed by atoms with Gasteiger partial charge in [0.05, 0.1) is 6.61 Å². The van der Waals surface area contributed by atoms with Gasteiger partial charge in [0.1, 0.15) is 11.4 Å². The molecule has 1 heterocycles. The van der Waals surface area contributed by atoms with E-state index in [0.717, 1.165) is 39.1 Å². The van der Waals surface area contributed by atoms with Crippen LogP contribution in [-0.2, 0) is 9.53 Å². The summed E-state index contributed by atoms with van der Waals surface area (Å²) in [4.78, 5) is 16.8. The molecule has 0 unspecified atom stereocenters. The number of hydrogen-bond acceptors (Lipinski definition) is 5. The molecule has 0 aliphatic carbocycles. The van der Waals surface area contributed by atoms with E-state index in [9.17, 15) is 4.79 Å². The van der Waals surface area contributed by atoms with Gasteiger partial charge in [-0.05, 0) is 49.6 Å². The smallest absolute Gasteiger partial charge is 0.344 e. The topological polar surface area (TPSA) is 61.6 Å². The number of ether oxygens (including phenoxy) is 2. The number of carbonyl (C=O) groups excluding carboxylic acids is 1. The number of allylic oxidation sites excluding steroid dienone is 5. The van der Waals surface area contributed by atoms with Crippen molar-refractivity contribution in [1.29, 1.82) is 0 Å². The summed E-state index contributed by atoms with van der Waals surface area (Å²) in [5, 5.41) is 0. The Balaban J connectivity index is 1.86. The van der Waals surface area contributed by atoms with Crippen molar-refractivity contribution < 1.29 is 18.7 Å². The zero-order valence-electron chi connectivity index (χ0n) is 21.9. The van der Waals surface area contributed by atoms with Crippen LogP contribution in [0.15, 0.2) is 114 Å². The number of carbonyl (C=O) groups is 1. The third-order valence-electron chi connectivity index (χ3n) is 6.03. The summed E-state index contributed by atoms with van der Waals surface area (Å²) in [7, 11) is 0. The molecule has 0 bridgehead atoms. The molecular weight excluding hydrogens is 474 g/mol. The summed E-state index contributed by atoms with van der Waals surface area (Å²) in [6.45, 7) is 10.0. The van der Waals surface area contributed by atoms with E-state index in [1.54, 1.807) is 13.0 Å². The van der Waals surface area contributed by atoms with E-state index < -0.39 is 5.97 Å². The van der Waals surface area contributed by atoms with Gasteiger partial charge in [-0.3, -0.25) is 0 Å². The van der Waals surface area contributed by atoms with E-state index in [2.05, 4.69) is 6.58 Å². The number of esters is 1. The molecule has 0 fully saturated rings. The Hall–Kier alpha value is -4.64. The standard InChI is InChI=1S/C33H31NO4/c1-5-23(4)30(26-19-14-20-27(21-26)37-22-29(35)36-7-3)28(6-2)33-34-31(24-15-10-8-11-16-24)32(38-33)25-17-12-9-13-18-25/h5-6,8-21H,2,7,22H2,1,3-4H3/b23-5-,30-28-. The maximum absolute atomic E-state index is 11.8. The number of aromatic nitrogens is 1. The van der Waals surface area contributed by atoms with Crippen molar-refractivity contribution in [3.8, 4) is 28.3 Å². The van der Waals surface area contributed by atoms with E-state index in [1.807, 2.05) is 105 Å². The van der Waals surface area contributed by atoms with E-state index in [1.165, 1.54) is 0 Å². The van der Waals surface area contributed by atoms with Crippen LogP contribution in [0.25, 0.3) is 33.7 Å². The highest BCUT2D eigenvalue weighted by molar-refractivity contribution is 6.00. The summed E-state index contributed by atoms with van der Waals surface area (Å²) in [5.74, 6) is 1.30. The maximum Gasteiger partial charge on any atom is 0.344 e. The minimum Gasteiger partial charge on any atom is -0.482 e. The Morgan fingerprint density at radius 2 is 1.66 bits per heavy atom. The van der Waals surface area contributed by atoms with Crippen molar-refractivity contribution in [2.24, 2.45) is 0 Å². The van der Waals surface area contributed by atoms with Crippen LogP contribution in [0.2, 0.25) is 0 Å². The fourth-order valence-electron chi connectivity index (χ4n) is 4.13. The van der Waals surface area contributed by atoms with Gasteiger partial charge in [0.25, 0.3) is 0 Å². The average molecular weight is 506 g/mol. The lowest BCUT2D eigenvalue weighted by Crippen LogP contribution is -2.14. The molecule has 0 saturated heterocycles. The fraction of sp³-hybridized carbons (Fsp3) is 0.152. The Bertz CT molecular complexity index is 1410. The number of rotatable bonds is 10. The van der Waals surface area contributed by atoms with Gasteiger partial charge >= 0.3 is 5.97 Å². The molecule has 0 saturated carbocycles. The minimum absolute atomic E-state index is 0.159. The Labute approximate surface area is 223 Å². The van der Waals surface area contributed by atoms with Crippen molar-refractivity contribution in [1.82, 2.24) is 4.98 Å². The zero-order chi connectivity index (χ0) is 26.9. The van der Waals surface area contributed by atoms with Gasteiger partial charge in [-0.15, -0.1) is 0 Å². The second-order valence-electron chi connectivity index (χ2n) is 8.51. The first kappa shape index (κ1) is 26.4. The SMILES string of the molecule is C=C/C(=C(\C(C)=C/C)c1cccc(OCC(=O)OCC)c1)c1nc(-c2ccccc2)c(-c2ccccc2)o1. The third-order valence-corrected chi connectivity index (χ3v) is 6.03. The Morgan fingerprint density at radius 1 is 0.974 bits per heavy atom. The molecule has 0 atom stereocenters. The normalized spacial score (nSPS) is 12.0. The first-order valence-electron chi connectivity index (χ1n) is 12.6. The highest BCUT2D eigenvalue weighted by Crippen LogP contribution is 2.39. The van der Waals surface area contributed by atoms with Crippen LogP contribution in [0.4, 0.5) is 0 Å². The first-order chi connectivity index (χ1) is 18.5. The molecule has 4 rings (SSSR count). The van der Waals surface area contributed by atoms with E-state index in [-0.39, 0.29) is 6.61 Å². The molecule has 1 aromatic heterocycles. The van der Waals surface area contributed by atoms with Gasteiger partial charge in [0, 0.05) is 16.7 Å². The number of oxazole rings is 1. The summed E-state index contributed by atoms with van der Waals surface area (Å²) < 4.78 is 17.2. The molecule has 0 aliphatic rings. The molecule has 0 spiro atoms. The Kier molecular flexibility index (Phi) is 8.73. The number of nitrogens with zero attached hydrogens (tertiary/aromatic N) is 1. The van der Waals surface area contributed by atoms with Crippen LogP contribution in [-0.4, -0.2) is 24.2 Å². The fourth-order valence-corrected chi connectivity index (χ4v) is 4.13. The number of benzene rings is 3. The van der Waals surface area contributed by atoms with Crippen molar-refractivity contribution in [2.75, 3.05) is 13.2 Å². The van der Waals surface area contributed by atoms with Gasteiger partial charge in [0.2, 0.25) is 5.89 Å². The van der Waals surface area contributed by atoms with Crippen molar-refractivity contribution in [3.05, 3.63) is 121 Å². The van der Waals surface area contributed by atoms with E-state index >= 15 is 0 Å². The molecule has 4 aromatic rings. The summed E-state index contributed by atoms with van der Waals surface area (Å²) in [5.41, 5.74) is 6.22. The Morgan fingerprint density at radius 3 is 2.29 bits per heavy atom. The van der Waals surface area contributed by atoms with Crippen LogP contribution in [0.3, 0.4) is 0 Å². The van der Waals surface area contributed by atoms with Crippen LogP contribution < -0.4 is 4.74 Å². The number of hydrogen-bond donors (Lipinski definition) is 0. The van der Waals surface area contributed by atoms with Gasteiger partial charge in [0.15, 0.2) is 12.4 Å². The van der Waals surface area contributed by atoms with Crippen molar-refractivity contribution in [3.63, 3.8) is 0 Å². The van der Waals surface area contributed by atoms with Gasteiger partial charge in [-0.1, -0.05) is 91.5 Å². The van der Waals surface area contributed by atoms with Gasteiger partial charge in [-0.25, -0.2) is 9.78 Å². The van der Waals surface area contributed by atoms with Crippen LogP contribution in [0, 0.1) is 0 Å². The molecule has 3 aromatic carbocycles. The monoisotopic (exact) mass is 505 g/mol. The molecule has 0 radical (unpaired) electrons. The lowest BCUT2D eigenvalue weighted by molar-refractivity contribution is -0.145. The zero-order valence-corrected chi connectivity index (χ0v) is 21.9.